The van der Waals surface area contributed by atoms with Crippen LogP contribution in [-0.4, -0.2) is 58.2 Å². The van der Waals surface area contributed by atoms with Crippen molar-refractivity contribution in [1.82, 2.24) is 15.5 Å². The highest BCUT2D eigenvalue weighted by atomic mass is 16.6. The lowest BCUT2D eigenvalue weighted by Gasteiger charge is -2.29. The SMILES string of the molecule is CC(C)(C)OC(=O)[C@@H]1C[C@@]2(CN1C(=O)OC(C)(C)C)NC(=O)NC2=O. The summed E-state index contributed by atoms with van der Waals surface area (Å²) in [4.78, 5) is 49.9. The average molecular weight is 355 g/mol. The molecule has 0 aromatic heterocycles. The van der Waals surface area contributed by atoms with Crippen LogP contribution in [0.15, 0.2) is 0 Å². The minimum atomic E-state index is -1.35. The van der Waals surface area contributed by atoms with E-state index in [2.05, 4.69) is 10.6 Å². The summed E-state index contributed by atoms with van der Waals surface area (Å²) in [7, 11) is 0. The molecule has 2 fully saturated rings. The largest absolute Gasteiger partial charge is 0.458 e. The van der Waals surface area contributed by atoms with E-state index in [0.29, 0.717) is 0 Å². The van der Waals surface area contributed by atoms with E-state index in [0.717, 1.165) is 4.90 Å². The molecule has 1 spiro atoms. The Kier molecular flexibility index (Phi) is 4.48. The number of nitrogens with one attached hydrogen (secondary N) is 2. The number of urea groups is 1. The number of hydrogen-bond acceptors (Lipinski definition) is 6. The number of hydrogen-bond donors (Lipinski definition) is 2. The Balaban J connectivity index is 2.29. The van der Waals surface area contributed by atoms with Crippen molar-refractivity contribution in [3.63, 3.8) is 0 Å². The van der Waals surface area contributed by atoms with Crippen LogP contribution in [0.25, 0.3) is 0 Å². The van der Waals surface area contributed by atoms with E-state index in [4.69, 9.17) is 9.47 Å². The molecule has 2 aliphatic rings. The number of carbonyl (C=O) groups is 4. The van der Waals surface area contributed by atoms with Gasteiger partial charge >= 0.3 is 18.1 Å². The molecule has 0 aromatic carbocycles. The Bertz CT molecular complexity index is 580. The number of nitrogens with zero attached hydrogens (tertiary/aromatic N) is 1. The highest BCUT2D eigenvalue weighted by Gasteiger charge is 2.58. The summed E-state index contributed by atoms with van der Waals surface area (Å²) in [6.45, 7) is 10.0. The third kappa shape index (κ3) is 4.21. The van der Waals surface area contributed by atoms with Gasteiger partial charge in [-0.25, -0.2) is 14.4 Å². The smallest absolute Gasteiger partial charge is 0.411 e. The second-order valence-electron chi connectivity index (χ2n) is 8.35. The molecule has 2 atom stereocenters. The Hall–Kier alpha value is -2.32. The molecule has 0 radical (unpaired) electrons. The molecule has 4 amide bonds. The van der Waals surface area contributed by atoms with Gasteiger partial charge in [-0.05, 0) is 41.5 Å². The topological polar surface area (TPSA) is 114 Å². The summed E-state index contributed by atoms with van der Waals surface area (Å²) < 4.78 is 10.7. The molecule has 2 heterocycles. The first-order chi connectivity index (χ1) is 11.2. The van der Waals surface area contributed by atoms with Gasteiger partial charge in [-0.2, -0.15) is 0 Å². The van der Waals surface area contributed by atoms with Crippen molar-refractivity contribution in [2.75, 3.05) is 6.54 Å². The molecule has 140 valence electrons. The fraction of sp³-hybridized carbons (Fsp3) is 0.750. The van der Waals surface area contributed by atoms with Gasteiger partial charge < -0.3 is 14.8 Å². The summed E-state index contributed by atoms with van der Waals surface area (Å²) in [5.41, 5.74) is -2.88. The molecule has 0 unspecified atom stereocenters. The first-order valence-corrected chi connectivity index (χ1v) is 8.09. The van der Waals surface area contributed by atoms with Gasteiger partial charge in [-0.15, -0.1) is 0 Å². The Morgan fingerprint density at radius 2 is 1.64 bits per heavy atom. The number of esters is 1. The van der Waals surface area contributed by atoms with Crippen LogP contribution in [-0.2, 0) is 19.1 Å². The summed E-state index contributed by atoms with van der Waals surface area (Å²) in [6, 6.07) is -1.68. The van der Waals surface area contributed by atoms with E-state index in [1.807, 2.05) is 0 Å². The second-order valence-corrected chi connectivity index (χ2v) is 8.35. The van der Waals surface area contributed by atoms with Crippen LogP contribution in [0.1, 0.15) is 48.0 Å². The van der Waals surface area contributed by atoms with Crippen LogP contribution >= 0.6 is 0 Å². The molecule has 0 saturated carbocycles. The molecule has 0 aliphatic carbocycles. The average Bonchev–Trinajstić information content (AvgIpc) is 2.87. The first-order valence-electron chi connectivity index (χ1n) is 8.09. The summed E-state index contributed by atoms with van der Waals surface area (Å²) in [6.07, 6.45) is -0.812. The fourth-order valence-electron chi connectivity index (χ4n) is 2.78. The maximum Gasteiger partial charge on any atom is 0.411 e. The lowest BCUT2D eigenvalue weighted by molar-refractivity contribution is -0.160. The van der Waals surface area contributed by atoms with E-state index in [1.54, 1.807) is 41.5 Å². The first kappa shape index (κ1) is 19.0. The number of imide groups is 1. The number of rotatable bonds is 1. The van der Waals surface area contributed by atoms with Gasteiger partial charge in [-0.3, -0.25) is 15.0 Å². The van der Waals surface area contributed by atoms with E-state index in [-0.39, 0.29) is 13.0 Å². The maximum atomic E-state index is 12.6. The lowest BCUT2D eigenvalue weighted by Crippen LogP contribution is -2.50. The zero-order chi connectivity index (χ0) is 19.2. The van der Waals surface area contributed by atoms with E-state index >= 15 is 0 Å². The van der Waals surface area contributed by atoms with Gasteiger partial charge in [0.2, 0.25) is 0 Å². The standard InChI is InChI=1S/C16H25N3O6/c1-14(2,3)24-10(20)9-7-16(11(21)17-12(22)18-16)8-19(9)13(23)25-15(4,5)6/h9H,7-8H2,1-6H3,(H2,17,18,21,22)/t9-,16-/m0/s1. The van der Waals surface area contributed by atoms with Crippen LogP contribution in [0.5, 0.6) is 0 Å². The monoisotopic (exact) mass is 355 g/mol. The zero-order valence-corrected chi connectivity index (χ0v) is 15.4. The summed E-state index contributed by atoms with van der Waals surface area (Å²) >= 11 is 0. The molecular weight excluding hydrogens is 330 g/mol. The van der Waals surface area contributed by atoms with Crippen molar-refractivity contribution in [3.05, 3.63) is 0 Å². The molecule has 9 heteroatoms. The van der Waals surface area contributed by atoms with Crippen LogP contribution in [0, 0.1) is 0 Å². The predicted octanol–water partition coefficient (Wildman–Crippen LogP) is 0.916. The Morgan fingerprint density at radius 1 is 1.08 bits per heavy atom. The number of likely N-dealkylation sites (tertiary alicyclic amines) is 1. The lowest BCUT2D eigenvalue weighted by atomic mass is 9.96. The molecule has 2 aliphatic heterocycles. The molecule has 9 nitrogen and oxygen atoms in total. The van der Waals surface area contributed by atoms with Crippen LogP contribution in [0.4, 0.5) is 9.59 Å². The summed E-state index contributed by atoms with van der Waals surface area (Å²) in [5, 5.41) is 4.66. The van der Waals surface area contributed by atoms with Gasteiger partial charge in [0, 0.05) is 6.42 Å². The second kappa shape index (κ2) is 5.89. The highest BCUT2D eigenvalue weighted by Crippen LogP contribution is 2.32. The summed E-state index contributed by atoms with van der Waals surface area (Å²) in [5.74, 6) is -1.22. The van der Waals surface area contributed by atoms with Gasteiger partial charge in [-0.1, -0.05) is 0 Å². The van der Waals surface area contributed by atoms with Crippen molar-refractivity contribution >= 4 is 24.0 Å². The van der Waals surface area contributed by atoms with Crippen LogP contribution < -0.4 is 10.6 Å². The van der Waals surface area contributed by atoms with Crippen molar-refractivity contribution in [3.8, 4) is 0 Å². The number of carbonyl (C=O) groups excluding carboxylic acids is 4. The normalized spacial score (nSPS) is 26.5. The molecule has 0 bridgehead atoms. The van der Waals surface area contributed by atoms with E-state index in [9.17, 15) is 19.2 Å². The van der Waals surface area contributed by atoms with Gasteiger partial charge in [0.05, 0.1) is 6.54 Å². The molecular formula is C16H25N3O6. The highest BCUT2D eigenvalue weighted by molar-refractivity contribution is 6.08. The van der Waals surface area contributed by atoms with Gasteiger partial charge in [0.25, 0.3) is 5.91 Å². The van der Waals surface area contributed by atoms with Crippen molar-refractivity contribution < 1.29 is 28.7 Å². The predicted molar refractivity (Wildman–Crippen MR) is 86.6 cm³/mol. The van der Waals surface area contributed by atoms with Gasteiger partial charge in [0.15, 0.2) is 0 Å². The molecule has 2 N–H and O–H groups in total. The van der Waals surface area contributed by atoms with E-state index < -0.39 is 46.8 Å². The molecule has 25 heavy (non-hydrogen) atoms. The minimum absolute atomic E-state index is 0.0707. The molecule has 0 aromatic rings. The van der Waals surface area contributed by atoms with Crippen LogP contribution in [0.2, 0.25) is 0 Å². The zero-order valence-electron chi connectivity index (χ0n) is 15.4. The Morgan fingerprint density at radius 3 is 2.08 bits per heavy atom. The molecule has 2 rings (SSSR count). The number of amides is 4. The van der Waals surface area contributed by atoms with Crippen molar-refractivity contribution in [2.45, 2.75) is 70.7 Å². The van der Waals surface area contributed by atoms with Crippen LogP contribution in [0.3, 0.4) is 0 Å². The maximum absolute atomic E-state index is 12.6. The molecule has 2 saturated heterocycles. The Labute approximate surface area is 146 Å². The third-order valence-electron chi connectivity index (χ3n) is 3.68. The number of ether oxygens (including phenoxy) is 2. The fourth-order valence-corrected chi connectivity index (χ4v) is 2.78. The van der Waals surface area contributed by atoms with Gasteiger partial charge in [0.1, 0.15) is 22.8 Å². The third-order valence-corrected chi connectivity index (χ3v) is 3.68. The van der Waals surface area contributed by atoms with Crippen molar-refractivity contribution in [1.29, 1.82) is 0 Å². The van der Waals surface area contributed by atoms with Crippen molar-refractivity contribution in [2.24, 2.45) is 0 Å². The quantitative estimate of drug-likeness (QED) is 0.534. The minimum Gasteiger partial charge on any atom is -0.458 e. The van der Waals surface area contributed by atoms with E-state index in [1.165, 1.54) is 0 Å².